The number of thioether (sulfide) groups is 1. The van der Waals surface area contributed by atoms with E-state index in [2.05, 4.69) is 15.4 Å². The van der Waals surface area contributed by atoms with Gasteiger partial charge in [-0.05, 0) is 0 Å². The first-order valence-corrected chi connectivity index (χ1v) is 4.79. The summed E-state index contributed by atoms with van der Waals surface area (Å²) >= 11 is 1.69. The third-order valence-corrected chi connectivity index (χ3v) is 2.76. The number of hydrogen-bond donors (Lipinski definition) is 2. The molecule has 0 bridgehead atoms. The Balaban J connectivity index is 2.01. The highest BCUT2D eigenvalue weighted by atomic mass is 32.2. The minimum atomic E-state index is 0.528. The number of nitrogens with two attached hydrogens (primary N) is 1. The lowest BCUT2D eigenvalue weighted by Crippen LogP contribution is -2.30. The first-order chi connectivity index (χ1) is 6.38. The summed E-state index contributed by atoms with van der Waals surface area (Å²) in [4.78, 5) is 8.03. The lowest BCUT2D eigenvalue weighted by molar-refractivity contribution is 0.0454. The molecule has 0 aromatic carbocycles. The SMILES string of the molecule is NNc1cc(SC2COC2)ncn1. The fourth-order valence-corrected chi connectivity index (χ4v) is 1.89. The Kier molecular flexibility index (Phi) is 2.62. The van der Waals surface area contributed by atoms with Gasteiger partial charge in [-0.1, -0.05) is 11.8 Å². The highest BCUT2D eigenvalue weighted by molar-refractivity contribution is 8.00. The van der Waals surface area contributed by atoms with Crippen LogP contribution in [0.25, 0.3) is 0 Å². The molecule has 70 valence electrons. The molecule has 1 aliphatic heterocycles. The molecule has 1 aromatic heterocycles. The van der Waals surface area contributed by atoms with E-state index in [1.54, 1.807) is 11.8 Å². The molecule has 6 heteroatoms. The van der Waals surface area contributed by atoms with Crippen molar-refractivity contribution >= 4 is 17.6 Å². The molecule has 1 aliphatic rings. The van der Waals surface area contributed by atoms with Gasteiger partial charge in [0.2, 0.25) is 0 Å². The Morgan fingerprint density at radius 1 is 1.54 bits per heavy atom. The number of nitrogens with one attached hydrogen (secondary N) is 1. The van der Waals surface area contributed by atoms with Crippen LogP contribution < -0.4 is 11.3 Å². The Hall–Kier alpha value is -0.850. The van der Waals surface area contributed by atoms with Gasteiger partial charge in [0.15, 0.2) is 0 Å². The number of nitrogens with zero attached hydrogens (tertiary/aromatic N) is 2. The lowest BCUT2D eigenvalue weighted by Gasteiger charge is -2.24. The van der Waals surface area contributed by atoms with Gasteiger partial charge < -0.3 is 10.2 Å². The molecule has 0 aliphatic carbocycles. The molecule has 2 heterocycles. The van der Waals surface area contributed by atoms with Crippen molar-refractivity contribution in [2.45, 2.75) is 10.3 Å². The van der Waals surface area contributed by atoms with Crippen LogP contribution in [0.5, 0.6) is 0 Å². The van der Waals surface area contributed by atoms with E-state index in [0.717, 1.165) is 18.2 Å². The highest BCUT2D eigenvalue weighted by Crippen LogP contribution is 2.26. The molecule has 5 nitrogen and oxygen atoms in total. The predicted octanol–water partition coefficient (Wildman–Crippen LogP) is 0.253. The minimum absolute atomic E-state index is 0.528. The average molecular weight is 198 g/mol. The fraction of sp³-hybridized carbons (Fsp3) is 0.429. The van der Waals surface area contributed by atoms with Crippen molar-refractivity contribution in [3.63, 3.8) is 0 Å². The summed E-state index contributed by atoms with van der Waals surface area (Å²) in [6.07, 6.45) is 1.50. The van der Waals surface area contributed by atoms with Crippen LogP contribution in [0, 0.1) is 0 Å². The summed E-state index contributed by atoms with van der Waals surface area (Å²) in [5, 5.41) is 1.46. The minimum Gasteiger partial charge on any atom is -0.379 e. The van der Waals surface area contributed by atoms with E-state index >= 15 is 0 Å². The molecular weight excluding hydrogens is 188 g/mol. The second kappa shape index (κ2) is 3.91. The summed E-state index contributed by atoms with van der Waals surface area (Å²) in [5.74, 6) is 5.86. The maximum Gasteiger partial charge on any atom is 0.144 e. The van der Waals surface area contributed by atoms with Gasteiger partial charge in [-0.25, -0.2) is 15.8 Å². The number of hydrazine groups is 1. The molecule has 13 heavy (non-hydrogen) atoms. The Morgan fingerprint density at radius 3 is 3.00 bits per heavy atom. The highest BCUT2D eigenvalue weighted by Gasteiger charge is 2.20. The van der Waals surface area contributed by atoms with Crippen LogP contribution >= 0.6 is 11.8 Å². The van der Waals surface area contributed by atoms with E-state index in [1.165, 1.54) is 6.33 Å². The zero-order valence-electron chi connectivity index (χ0n) is 6.93. The van der Waals surface area contributed by atoms with Crippen LogP contribution in [0.4, 0.5) is 5.82 Å². The zero-order chi connectivity index (χ0) is 9.10. The first kappa shape index (κ1) is 8.74. The largest absolute Gasteiger partial charge is 0.379 e. The van der Waals surface area contributed by atoms with Crippen LogP contribution in [-0.4, -0.2) is 28.4 Å². The van der Waals surface area contributed by atoms with Crippen LogP contribution in [-0.2, 0) is 4.74 Å². The van der Waals surface area contributed by atoms with Crippen molar-refractivity contribution in [2.75, 3.05) is 18.6 Å². The molecule has 0 atom stereocenters. The number of rotatable bonds is 3. The van der Waals surface area contributed by atoms with Gasteiger partial charge in [0, 0.05) is 6.07 Å². The molecule has 1 fully saturated rings. The van der Waals surface area contributed by atoms with Crippen molar-refractivity contribution in [1.82, 2.24) is 9.97 Å². The van der Waals surface area contributed by atoms with Gasteiger partial charge in [-0.3, -0.25) is 0 Å². The molecule has 0 amide bonds. The van der Waals surface area contributed by atoms with Crippen molar-refractivity contribution in [2.24, 2.45) is 5.84 Å². The van der Waals surface area contributed by atoms with Crippen LogP contribution in [0.3, 0.4) is 0 Å². The van der Waals surface area contributed by atoms with E-state index in [1.807, 2.05) is 6.07 Å². The quantitative estimate of drug-likeness (QED) is 0.412. The molecule has 3 N–H and O–H groups in total. The predicted molar refractivity (Wildman–Crippen MR) is 50.3 cm³/mol. The lowest BCUT2D eigenvalue weighted by atomic mass is 10.4. The van der Waals surface area contributed by atoms with E-state index in [4.69, 9.17) is 10.6 Å². The fourth-order valence-electron chi connectivity index (χ4n) is 0.936. The number of ether oxygens (including phenoxy) is 1. The summed E-state index contributed by atoms with van der Waals surface area (Å²) in [7, 11) is 0. The maximum absolute atomic E-state index is 5.22. The maximum atomic E-state index is 5.22. The Labute approximate surface area is 80.1 Å². The Bertz CT molecular complexity index is 292. The summed E-state index contributed by atoms with van der Waals surface area (Å²) in [5.41, 5.74) is 2.48. The number of anilines is 1. The van der Waals surface area contributed by atoms with E-state index in [9.17, 15) is 0 Å². The van der Waals surface area contributed by atoms with Gasteiger partial charge in [-0.15, -0.1) is 0 Å². The summed E-state index contributed by atoms with van der Waals surface area (Å²) < 4.78 is 5.06. The number of nitrogen functional groups attached to an aromatic ring is 1. The first-order valence-electron chi connectivity index (χ1n) is 3.91. The van der Waals surface area contributed by atoms with Gasteiger partial charge in [-0.2, -0.15) is 0 Å². The van der Waals surface area contributed by atoms with Crippen molar-refractivity contribution < 1.29 is 4.74 Å². The van der Waals surface area contributed by atoms with Crippen molar-refractivity contribution in [3.8, 4) is 0 Å². The molecule has 0 radical (unpaired) electrons. The van der Waals surface area contributed by atoms with Gasteiger partial charge in [0.25, 0.3) is 0 Å². The summed E-state index contributed by atoms with van der Waals surface area (Å²) in [6, 6.07) is 1.82. The standard InChI is InChI=1S/C7H10N4OS/c8-11-6-1-7(10-4-9-6)13-5-2-12-3-5/h1,4-5H,2-3,8H2,(H,9,10,11). The van der Waals surface area contributed by atoms with E-state index in [0.29, 0.717) is 11.1 Å². The van der Waals surface area contributed by atoms with E-state index in [-0.39, 0.29) is 0 Å². The molecule has 1 saturated heterocycles. The molecule has 2 rings (SSSR count). The summed E-state index contributed by atoms with van der Waals surface area (Å²) in [6.45, 7) is 1.61. The second-order valence-corrected chi connectivity index (χ2v) is 3.98. The molecule has 0 saturated carbocycles. The van der Waals surface area contributed by atoms with Gasteiger partial charge >= 0.3 is 0 Å². The topological polar surface area (TPSA) is 73.1 Å². The van der Waals surface area contributed by atoms with Crippen LogP contribution in [0.2, 0.25) is 0 Å². The monoisotopic (exact) mass is 198 g/mol. The molecule has 1 aromatic rings. The third-order valence-electron chi connectivity index (χ3n) is 1.68. The second-order valence-electron chi connectivity index (χ2n) is 2.66. The normalized spacial score (nSPS) is 16.7. The third kappa shape index (κ3) is 2.09. The molecule has 0 spiro atoms. The smallest absolute Gasteiger partial charge is 0.144 e. The zero-order valence-corrected chi connectivity index (χ0v) is 7.75. The van der Waals surface area contributed by atoms with Crippen molar-refractivity contribution in [1.29, 1.82) is 0 Å². The Morgan fingerprint density at radius 2 is 2.38 bits per heavy atom. The molecule has 0 unspecified atom stereocenters. The van der Waals surface area contributed by atoms with Crippen LogP contribution in [0.15, 0.2) is 17.4 Å². The van der Waals surface area contributed by atoms with E-state index < -0.39 is 0 Å². The van der Waals surface area contributed by atoms with Crippen molar-refractivity contribution in [3.05, 3.63) is 12.4 Å². The average Bonchev–Trinajstić information content (AvgIpc) is 2.12. The van der Waals surface area contributed by atoms with Gasteiger partial charge in [0.05, 0.1) is 18.5 Å². The molecular formula is C7H10N4OS. The van der Waals surface area contributed by atoms with Gasteiger partial charge in [0.1, 0.15) is 17.2 Å². The number of hydrogen-bond acceptors (Lipinski definition) is 6. The van der Waals surface area contributed by atoms with Crippen LogP contribution in [0.1, 0.15) is 0 Å². The number of aromatic nitrogens is 2.